The Hall–Kier alpha value is 0.386. The second kappa shape index (κ2) is 12.7. The summed E-state index contributed by atoms with van der Waals surface area (Å²) in [7, 11) is -1.31. The molecule has 0 spiro atoms. The molecule has 0 saturated carbocycles. The van der Waals surface area contributed by atoms with E-state index in [0.29, 0.717) is 0 Å². The quantitative estimate of drug-likeness (QED) is 0.243. The Balaban J connectivity index is 5.65. The normalized spacial score (nSPS) is 13.4. The summed E-state index contributed by atoms with van der Waals surface area (Å²) in [6, 6.07) is 0. The van der Waals surface area contributed by atoms with Crippen LogP contribution in [0.5, 0.6) is 0 Å². The molecule has 0 aliphatic rings. The molecule has 24 heavy (non-hydrogen) atoms. The second-order valence-electron chi connectivity index (χ2n) is 8.47. The third kappa shape index (κ3) is 10.4. The molecule has 0 aromatic heterocycles. The summed E-state index contributed by atoms with van der Waals surface area (Å²) >= 11 is -2.46. The van der Waals surface area contributed by atoms with Crippen molar-refractivity contribution in [2.45, 2.75) is 99.2 Å². The zero-order chi connectivity index (χ0) is 18.6. The number of carbonyl (C=O) groups is 1. The minimum absolute atomic E-state index is 0.257. The van der Waals surface area contributed by atoms with Crippen molar-refractivity contribution < 1.29 is 4.79 Å². The first-order chi connectivity index (χ1) is 11.2. The molecule has 0 aromatic rings. The Kier molecular flexibility index (Phi) is 12.9. The zero-order valence-corrected chi connectivity index (χ0v) is 21.4. The molecule has 0 heterocycles. The molecule has 0 aliphatic carbocycles. The number of hydrogen-bond acceptors (Lipinski definition) is 2. The van der Waals surface area contributed by atoms with E-state index in [1.54, 1.807) is 10.5 Å². The van der Waals surface area contributed by atoms with Crippen LogP contribution < -0.4 is 4.98 Å². The Bertz CT molecular complexity index is 366. The van der Waals surface area contributed by atoms with E-state index in [2.05, 4.69) is 51.5 Å². The van der Waals surface area contributed by atoms with Crippen LogP contribution in [-0.2, 0) is 4.79 Å². The van der Waals surface area contributed by atoms with Crippen molar-refractivity contribution in [1.82, 2.24) is 4.98 Å². The van der Waals surface area contributed by atoms with Crippen LogP contribution in [0.15, 0.2) is 9.67 Å². The summed E-state index contributed by atoms with van der Waals surface area (Å²) < 4.78 is 5.92. The van der Waals surface area contributed by atoms with Crippen LogP contribution in [-0.4, -0.2) is 38.9 Å². The zero-order valence-electron chi connectivity index (χ0n) is 17.6. The fourth-order valence-electron chi connectivity index (χ4n) is 3.40. The first kappa shape index (κ1) is 24.4. The van der Waals surface area contributed by atoms with Gasteiger partial charge in [-0.3, -0.25) is 0 Å². The standard InChI is InChI=1S/C8H16NOSi.3C4H9.Sn/c1-8(10)6-5-7-9-11(2,3)4;3*1-3-4-2;/h6,9H,7H2,1-4H3;3*1,3-4H2,2H3;. The van der Waals surface area contributed by atoms with Gasteiger partial charge in [-0.25, -0.2) is 0 Å². The van der Waals surface area contributed by atoms with Crippen LogP contribution in [0.4, 0.5) is 0 Å². The first-order valence-electron chi connectivity index (χ1n) is 10.2. The SMILES string of the molecule is CCC[CH2][Sn]([CH2]CCC)([CH2]CCC)/[C](=C\C(C)=O)CN[Si](C)(C)C. The average Bonchev–Trinajstić information content (AvgIpc) is 2.50. The van der Waals surface area contributed by atoms with Gasteiger partial charge in [0.25, 0.3) is 0 Å². The molecular weight excluding hydrogens is 417 g/mol. The monoisotopic (exact) mass is 461 g/mol. The second-order valence-corrected chi connectivity index (χ2v) is 26.8. The molecule has 0 bridgehead atoms. The molecule has 0 aliphatic heterocycles. The molecule has 0 saturated heterocycles. The van der Waals surface area contributed by atoms with Gasteiger partial charge in [0.15, 0.2) is 0 Å². The topological polar surface area (TPSA) is 29.1 Å². The molecule has 0 fully saturated rings. The van der Waals surface area contributed by atoms with Crippen LogP contribution >= 0.6 is 0 Å². The summed E-state index contributed by atoms with van der Waals surface area (Å²) in [6.45, 7) is 16.7. The van der Waals surface area contributed by atoms with Gasteiger partial charge >= 0.3 is 158 Å². The average molecular weight is 460 g/mol. The van der Waals surface area contributed by atoms with Gasteiger partial charge in [0.2, 0.25) is 0 Å². The third-order valence-corrected chi connectivity index (χ3v) is 22.2. The molecule has 0 unspecified atom stereocenters. The van der Waals surface area contributed by atoms with Crippen LogP contribution in [0.3, 0.4) is 0 Å². The summed E-state index contributed by atoms with van der Waals surface area (Å²) in [4.78, 5) is 15.8. The van der Waals surface area contributed by atoms with Crippen molar-refractivity contribution >= 4 is 32.4 Å². The van der Waals surface area contributed by atoms with Crippen molar-refractivity contribution in [3.8, 4) is 0 Å². The Labute approximate surface area is 157 Å². The van der Waals surface area contributed by atoms with Gasteiger partial charge < -0.3 is 0 Å². The molecular formula is C20H43NOSiSn. The van der Waals surface area contributed by atoms with Gasteiger partial charge in [-0.05, 0) is 0 Å². The van der Waals surface area contributed by atoms with Gasteiger partial charge in [-0.2, -0.15) is 0 Å². The number of carbonyl (C=O) groups excluding carboxylic acids is 1. The van der Waals surface area contributed by atoms with E-state index in [1.807, 2.05) is 0 Å². The van der Waals surface area contributed by atoms with Crippen molar-refractivity contribution in [2.24, 2.45) is 0 Å². The van der Waals surface area contributed by atoms with Crippen LogP contribution in [0.25, 0.3) is 0 Å². The van der Waals surface area contributed by atoms with Crippen LogP contribution in [0.2, 0.25) is 33.0 Å². The molecule has 4 heteroatoms. The van der Waals surface area contributed by atoms with Crippen molar-refractivity contribution in [3.63, 3.8) is 0 Å². The van der Waals surface area contributed by atoms with Gasteiger partial charge in [0.1, 0.15) is 0 Å². The summed E-state index contributed by atoms with van der Waals surface area (Å²) in [5.74, 6) is 0.257. The first-order valence-corrected chi connectivity index (χ1v) is 21.2. The predicted molar refractivity (Wildman–Crippen MR) is 115 cm³/mol. The molecule has 0 atom stereocenters. The summed E-state index contributed by atoms with van der Waals surface area (Å²) in [5.41, 5.74) is 0. The molecule has 0 rings (SSSR count). The molecule has 0 radical (unpaired) electrons. The number of allylic oxidation sites excluding steroid dienone is 1. The number of rotatable bonds is 14. The Morgan fingerprint density at radius 1 is 0.917 bits per heavy atom. The maximum atomic E-state index is 12.0. The minimum atomic E-state index is -2.46. The molecule has 142 valence electrons. The van der Waals surface area contributed by atoms with Crippen LogP contribution in [0.1, 0.15) is 66.2 Å². The number of hydrogen-bond donors (Lipinski definition) is 1. The summed E-state index contributed by atoms with van der Waals surface area (Å²) in [5, 5.41) is 0. The van der Waals surface area contributed by atoms with E-state index in [9.17, 15) is 4.79 Å². The van der Waals surface area contributed by atoms with Crippen molar-refractivity contribution in [2.75, 3.05) is 6.54 Å². The van der Waals surface area contributed by atoms with E-state index in [4.69, 9.17) is 0 Å². The Morgan fingerprint density at radius 3 is 1.62 bits per heavy atom. The van der Waals surface area contributed by atoms with E-state index >= 15 is 0 Å². The number of ketones is 1. The van der Waals surface area contributed by atoms with Gasteiger partial charge in [0.05, 0.1) is 0 Å². The molecule has 2 nitrogen and oxygen atoms in total. The van der Waals surface area contributed by atoms with Gasteiger partial charge in [-0.15, -0.1) is 0 Å². The van der Waals surface area contributed by atoms with E-state index < -0.39 is 26.6 Å². The van der Waals surface area contributed by atoms with E-state index in [-0.39, 0.29) is 5.78 Å². The van der Waals surface area contributed by atoms with Crippen molar-refractivity contribution in [3.05, 3.63) is 9.67 Å². The number of unbranched alkanes of at least 4 members (excludes halogenated alkanes) is 3. The molecule has 0 amide bonds. The predicted octanol–water partition coefficient (Wildman–Crippen LogP) is 6.31. The molecule has 1 N–H and O–H groups in total. The van der Waals surface area contributed by atoms with E-state index in [1.165, 1.54) is 51.8 Å². The van der Waals surface area contributed by atoms with E-state index in [0.717, 1.165) is 6.54 Å². The van der Waals surface area contributed by atoms with Crippen LogP contribution in [0, 0.1) is 0 Å². The summed E-state index contributed by atoms with van der Waals surface area (Å²) in [6.07, 6.45) is 9.97. The number of nitrogens with one attached hydrogen (secondary N) is 1. The third-order valence-electron chi connectivity index (χ3n) is 4.89. The van der Waals surface area contributed by atoms with Gasteiger partial charge in [-0.1, -0.05) is 0 Å². The van der Waals surface area contributed by atoms with Crippen molar-refractivity contribution in [1.29, 1.82) is 0 Å². The molecule has 0 aromatic carbocycles. The fraction of sp³-hybridized carbons (Fsp3) is 0.850. The fourth-order valence-corrected chi connectivity index (χ4v) is 21.1. The maximum absolute atomic E-state index is 12.0. The Morgan fingerprint density at radius 2 is 1.33 bits per heavy atom. The van der Waals surface area contributed by atoms with Gasteiger partial charge in [0, 0.05) is 0 Å².